The van der Waals surface area contributed by atoms with Crippen molar-refractivity contribution in [3.63, 3.8) is 0 Å². The first-order valence-corrected chi connectivity index (χ1v) is 10.6. The van der Waals surface area contributed by atoms with Crippen LogP contribution in [0.15, 0.2) is 18.2 Å². The van der Waals surface area contributed by atoms with Gasteiger partial charge in [0.25, 0.3) is 5.69 Å². The smallest absolute Gasteiger partial charge is 0.270 e. The maximum atomic E-state index is 11.8. The van der Waals surface area contributed by atoms with Gasteiger partial charge in [0.05, 0.1) is 34.7 Å². The van der Waals surface area contributed by atoms with Crippen LogP contribution in [-0.2, 0) is 10.1 Å². The van der Waals surface area contributed by atoms with Gasteiger partial charge in [-0.15, -0.1) is 0 Å². The van der Waals surface area contributed by atoms with Gasteiger partial charge in [0, 0.05) is 35.4 Å². The van der Waals surface area contributed by atoms with Gasteiger partial charge in [-0.1, -0.05) is 0 Å². The average molecular weight is 416 g/mol. The van der Waals surface area contributed by atoms with Crippen LogP contribution in [0.2, 0.25) is 0 Å². The highest BCUT2D eigenvalue weighted by molar-refractivity contribution is 7.85. The molecular weight excluding hydrogens is 388 g/mol. The molecule has 0 heterocycles. The van der Waals surface area contributed by atoms with E-state index in [1.54, 1.807) is 4.90 Å². The fraction of sp³-hybridized carbons (Fsp3) is 0.556. The third kappa shape index (κ3) is 10.2. The van der Waals surface area contributed by atoms with Crippen LogP contribution in [0.1, 0.15) is 61.3 Å². The van der Waals surface area contributed by atoms with Gasteiger partial charge in [-0.2, -0.15) is 0 Å². The standard InChI is InChI=1S/C12H13NO7S.C6H15N/c1-8(14)9-5-10(7-11(6-9)13(16)17)12(15)3-2-4-21(18,19)20;1-4-7(5-2)6-3/h5-7H,2-4H2,1H3,(H,18,19,20);4-6H2,1-3H3. The van der Waals surface area contributed by atoms with Crippen LogP contribution in [0.3, 0.4) is 0 Å². The van der Waals surface area contributed by atoms with Crippen LogP contribution >= 0.6 is 0 Å². The van der Waals surface area contributed by atoms with Crippen LogP contribution in [0.5, 0.6) is 0 Å². The van der Waals surface area contributed by atoms with E-state index >= 15 is 0 Å². The number of hydrogen-bond acceptors (Lipinski definition) is 7. The lowest BCUT2D eigenvalue weighted by Gasteiger charge is -2.10. The number of nitrogens with zero attached hydrogens (tertiary/aromatic N) is 1. The number of hydrogen-bond donors (Lipinski definition) is 1. The molecule has 0 unspecified atom stereocenters. The zero-order valence-corrected chi connectivity index (χ0v) is 17.5. The summed E-state index contributed by atoms with van der Waals surface area (Å²) >= 11 is 0. The Balaban J connectivity index is 0.000000887. The quantitative estimate of drug-likeness (QED) is 0.262. The third-order valence-corrected chi connectivity index (χ3v) is 4.94. The third-order valence-electron chi connectivity index (χ3n) is 4.16. The monoisotopic (exact) mass is 416 g/mol. The van der Waals surface area contributed by atoms with Crippen molar-refractivity contribution in [2.24, 2.45) is 0 Å². The van der Waals surface area contributed by atoms with Crippen molar-refractivity contribution in [2.75, 3.05) is 25.4 Å². The SMILES string of the molecule is CC(=O)c1cc(C(=O)CCCS(=O)(=O)[O-])cc([N+](=O)[O-])c1.CC[NH+](CC)CC. The summed E-state index contributed by atoms with van der Waals surface area (Å²) < 4.78 is 31.3. The van der Waals surface area contributed by atoms with E-state index in [4.69, 9.17) is 0 Å². The van der Waals surface area contributed by atoms with Crippen molar-refractivity contribution in [3.05, 3.63) is 39.4 Å². The minimum absolute atomic E-state index is 0.0176. The summed E-state index contributed by atoms with van der Waals surface area (Å²) in [7, 11) is -4.41. The van der Waals surface area contributed by atoms with E-state index in [0.717, 1.165) is 12.1 Å². The van der Waals surface area contributed by atoms with Gasteiger partial charge >= 0.3 is 0 Å². The summed E-state index contributed by atoms with van der Waals surface area (Å²) in [5.41, 5.74) is -0.441. The van der Waals surface area contributed by atoms with Gasteiger partial charge in [-0.25, -0.2) is 8.42 Å². The first-order valence-electron chi connectivity index (χ1n) is 9.05. The lowest BCUT2D eigenvalue weighted by molar-refractivity contribution is -0.894. The normalized spacial score (nSPS) is 10.9. The Morgan fingerprint density at radius 2 is 1.54 bits per heavy atom. The fourth-order valence-electron chi connectivity index (χ4n) is 2.38. The molecule has 0 fully saturated rings. The Morgan fingerprint density at radius 3 is 1.89 bits per heavy atom. The minimum Gasteiger partial charge on any atom is -0.748 e. The van der Waals surface area contributed by atoms with Gasteiger partial charge in [0.1, 0.15) is 0 Å². The van der Waals surface area contributed by atoms with Crippen molar-refractivity contribution in [1.82, 2.24) is 0 Å². The van der Waals surface area contributed by atoms with Crippen molar-refractivity contribution >= 4 is 27.4 Å². The summed E-state index contributed by atoms with van der Waals surface area (Å²) in [6.07, 6.45) is -0.428. The molecule has 158 valence electrons. The molecular formula is C18H28N2O7S. The van der Waals surface area contributed by atoms with Gasteiger partial charge in [-0.3, -0.25) is 19.7 Å². The Bertz CT molecular complexity index is 749. The molecule has 0 saturated carbocycles. The molecule has 1 N–H and O–H groups in total. The van der Waals surface area contributed by atoms with E-state index < -0.39 is 38.0 Å². The van der Waals surface area contributed by atoms with Crippen LogP contribution < -0.4 is 4.90 Å². The van der Waals surface area contributed by atoms with Crippen molar-refractivity contribution in [3.8, 4) is 0 Å². The lowest BCUT2D eigenvalue weighted by Crippen LogP contribution is -3.11. The number of nitro groups is 1. The maximum Gasteiger partial charge on any atom is 0.270 e. The van der Waals surface area contributed by atoms with E-state index in [2.05, 4.69) is 20.8 Å². The first kappa shape index (κ1) is 25.8. The number of ketones is 2. The van der Waals surface area contributed by atoms with Gasteiger partial charge < -0.3 is 9.45 Å². The van der Waals surface area contributed by atoms with Crippen LogP contribution in [-0.4, -0.2) is 54.8 Å². The molecule has 1 aromatic carbocycles. The molecule has 0 amide bonds. The molecule has 0 aliphatic rings. The highest BCUT2D eigenvalue weighted by Gasteiger charge is 2.16. The summed E-state index contributed by atoms with van der Waals surface area (Å²) in [6.45, 7) is 11.7. The molecule has 0 radical (unpaired) electrons. The topological polar surface area (TPSA) is 139 Å². The number of nitrogens with one attached hydrogen (secondary N) is 1. The van der Waals surface area contributed by atoms with Crippen LogP contribution in [0, 0.1) is 10.1 Å². The lowest BCUT2D eigenvalue weighted by atomic mass is 10.0. The molecule has 28 heavy (non-hydrogen) atoms. The summed E-state index contributed by atoms with van der Waals surface area (Å²) in [4.78, 5) is 34.8. The number of benzene rings is 1. The van der Waals surface area contributed by atoms with E-state index in [1.807, 2.05) is 0 Å². The van der Waals surface area contributed by atoms with E-state index in [9.17, 15) is 32.7 Å². The first-order chi connectivity index (χ1) is 12.9. The average Bonchev–Trinajstić information content (AvgIpc) is 2.62. The summed E-state index contributed by atoms with van der Waals surface area (Å²) in [5.74, 6) is -1.69. The second-order valence-electron chi connectivity index (χ2n) is 6.18. The number of carbonyl (C=O) groups is 2. The molecule has 1 rings (SSSR count). The summed E-state index contributed by atoms with van der Waals surface area (Å²) in [5, 5.41) is 10.8. The molecule has 0 spiro atoms. The number of nitro benzene ring substituents is 1. The fourth-order valence-corrected chi connectivity index (χ4v) is 2.88. The Morgan fingerprint density at radius 1 is 1.04 bits per heavy atom. The molecule has 1 aromatic rings. The van der Waals surface area contributed by atoms with Gasteiger partial charge in [0.15, 0.2) is 11.6 Å². The second kappa shape index (κ2) is 12.3. The number of quaternary nitrogens is 1. The predicted molar refractivity (Wildman–Crippen MR) is 104 cm³/mol. The molecule has 0 bridgehead atoms. The van der Waals surface area contributed by atoms with E-state index in [1.165, 1.54) is 32.6 Å². The maximum absolute atomic E-state index is 11.8. The van der Waals surface area contributed by atoms with E-state index in [-0.39, 0.29) is 24.0 Å². The summed E-state index contributed by atoms with van der Waals surface area (Å²) in [6, 6.07) is 3.28. The second-order valence-corrected chi connectivity index (χ2v) is 7.70. The number of Topliss-reactive ketones (excluding diaryl/α,β-unsaturated/α-hetero) is 2. The van der Waals surface area contributed by atoms with Crippen molar-refractivity contribution < 1.29 is 32.4 Å². The molecule has 0 aliphatic heterocycles. The number of non-ortho nitro benzene ring substituents is 1. The molecule has 0 aliphatic carbocycles. The minimum atomic E-state index is -4.41. The van der Waals surface area contributed by atoms with Gasteiger partial charge in [-0.05, 0) is 40.2 Å². The molecule has 0 aromatic heterocycles. The highest BCUT2D eigenvalue weighted by Crippen LogP contribution is 2.19. The Labute approximate surface area is 165 Å². The largest absolute Gasteiger partial charge is 0.748 e. The predicted octanol–water partition coefficient (Wildman–Crippen LogP) is 1.24. The highest BCUT2D eigenvalue weighted by atomic mass is 32.2. The van der Waals surface area contributed by atoms with Crippen molar-refractivity contribution in [1.29, 1.82) is 0 Å². The molecule has 0 atom stereocenters. The van der Waals surface area contributed by atoms with Crippen LogP contribution in [0.4, 0.5) is 5.69 Å². The number of rotatable bonds is 10. The Hall–Kier alpha value is -2.17. The van der Waals surface area contributed by atoms with E-state index in [0.29, 0.717) is 0 Å². The van der Waals surface area contributed by atoms with Crippen LogP contribution in [0.25, 0.3) is 0 Å². The molecule has 0 saturated heterocycles. The Kier molecular flexibility index (Phi) is 11.4. The zero-order valence-electron chi connectivity index (χ0n) is 16.7. The zero-order chi connectivity index (χ0) is 21.9. The van der Waals surface area contributed by atoms with Crippen molar-refractivity contribution in [2.45, 2.75) is 40.5 Å². The van der Waals surface area contributed by atoms with Gasteiger partial charge in [0.2, 0.25) is 0 Å². The molecule has 9 nitrogen and oxygen atoms in total. The number of carbonyl (C=O) groups excluding carboxylic acids is 2. The molecule has 10 heteroatoms.